The Balaban J connectivity index is 0.869. The van der Waals surface area contributed by atoms with Crippen molar-refractivity contribution in [2.45, 2.75) is 180 Å². The Morgan fingerprint density at radius 1 is 0.705 bits per heavy atom. The van der Waals surface area contributed by atoms with Crippen molar-refractivity contribution in [3.63, 3.8) is 0 Å². The van der Waals surface area contributed by atoms with Gasteiger partial charge in [0.05, 0.1) is 6.61 Å². The van der Waals surface area contributed by atoms with Crippen LogP contribution in [-0.2, 0) is 14.3 Å². The largest absolute Gasteiger partial charge is 0.463 e. The highest BCUT2D eigenvalue weighted by Gasteiger charge is 2.68. The second-order valence-electron chi connectivity index (χ2n) is 15.9. The normalized spacial score (nSPS) is 29.8. The van der Waals surface area contributed by atoms with Gasteiger partial charge >= 0.3 is 5.97 Å². The molecule has 0 heterocycles. The molecule has 4 aliphatic rings. The Kier molecular flexibility index (Phi) is 17.0. The zero-order valence-electron chi connectivity index (χ0n) is 29.2. The molecule has 9 atom stereocenters. The summed E-state index contributed by atoms with van der Waals surface area (Å²) in [6.07, 6.45) is 32.5. The number of fused-ring (bicyclic) bond motifs is 7. The first-order chi connectivity index (χ1) is 21.6. The highest BCUT2D eigenvalue weighted by molar-refractivity contribution is 5.69. The van der Waals surface area contributed by atoms with Crippen LogP contribution < -0.4 is 0 Å². The number of aliphatic hydroxyl groups is 1. The number of esters is 1. The summed E-state index contributed by atoms with van der Waals surface area (Å²) in [5.74, 6) is 8.78. The summed E-state index contributed by atoms with van der Waals surface area (Å²) in [6.45, 7) is 5.43. The summed E-state index contributed by atoms with van der Waals surface area (Å²) in [5.41, 5.74) is 0. The van der Waals surface area contributed by atoms with E-state index in [2.05, 4.69) is 13.8 Å². The minimum absolute atomic E-state index is 0.0873. The molecule has 4 saturated carbocycles. The average Bonchev–Trinajstić information content (AvgIpc) is 3.01. The van der Waals surface area contributed by atoms with Crippen LogP contribution in [0.15, 0.2) is 0 Å². The molecule has 0 saturated heterocycles. The zero-order valence-corrected chi connectivity index (χ0v) is 29.2. The van der Waals surface area contributed by atoms with Crippen LogP contribution in [0.1, 0.15) is 174 Å². The van der Waals surface area contributed by atoms with Crippen molar-refractivity contribution in [2.24, 2.45) is 47.3 Å². The number of hydrogen-bond acceptors (Lipinski definition) is 4. The molecule has 0 radical (unpaired) electrons. The minimum Gasteiger partial charge on any atom is -0.463 e. The molecule has 8 unspecified atom stereocenters. The van der Waals surface area contributed by atoms with Crippen LogP contribution >= 0.6 is 0 Å². The number of rotatable bonds is 27. The van der Waals surface area contributed by atoms with Crippen LogP contribution in [0.3, 0.4) is 0 Å². The van der Waals surface area contributed by atoms with E-state index in [0.29, 0.717) is 13.0 Å². The number of hydrogen-bond donors (Lipinski definition) is 1. The molecule has 4 heteroatoms. The molecule has 0 aromatic rings. The van der Waals surface area contributed by atoms with E-state index in [1.54, 1.807) is 25.7 Å². The van der Waals surface area contributed by atoms with Crippen molar-refractivity contribution in [2.75, 3.05) is 19.8 Å². The molecule has 4 rings (SSSR count). The lowest BCUT2D eigenvalue weighted by Crippen LogP contribution is -2.69. The van der Waals surface area contributed by atoms with Crippen molar-refractivity contribution < 1.29 is 19.4 Å². The Labute approximate surface area is 272 Å². The molecular weight excluding hydrogens is 544 g/mol. The van der Waals surface area contributed by atoms with Gasteiger partial charge in [-0.3, -0.25) is 4.79 Å². The molecule has 4 nitrogen and oxygen atoms in total. The quantitative estimate of drug-likeness (QED) is 0.0737. The fourth-order valence-electron chi connectivity index (χ4n) is 9.93. The van der Waals surface area contributed by atoms with Gasteiger partial charge in [-0.05, 0) is 85.9 Å². The fraction of sp³-hybridized carbons (Fsp3) is 0.975. The number of carbonyl (C=O) groups is 1. The van der Waals surface area contributed by atoms with E-state index in [1.807, 2.05) is 0 Å². The molecule has 0 amide bonds. The first-order valence-corrected chi connectivity index (χ1v) is 20.0. The van der Waals surface area contributed by atoms with Crippen LogP contribution in [-0.4, -0.2) is 37.0 Å². The molecule has 0 spiro atoms. The van der Waals surface area contributed by atoms with E-state index in [-0.39, 0.29) is 25.3 Å². The highest BCUT2D eigenvalue weighted by Crippen LogP contribution is 2.74. The topological polar surface area (TPSA) is 55.8 Å². The Morgan fingerprint density at radius 2 is 1.27 bits per heavy atom. The zero-order chi connectivity index (χ0) is 31.0. The van der Waals surface area contributed by atoms with Crippen molar-refractivity contribution >= 4 is 5.97 Å². The van der Waals surface area contributed by atoms with Gasteiger partial charge in [0.2, 0.25) is 0 Å². The molecule has 0 aliphatic heterocycles. The SMILES string of the molecule is CCCCCCC(C)CCCCCCCCC(=O)OC[C@H](CO)OCCCCCCCCC1CCC2C(C1)C1C3CCC3C21. The van der Waals surface area contributed by atoms with Crippen molar-refractivity contribution in [3.05, 3.63) is 0 Å². The lowest BCUT2D eigenvalue weighted by molar-refractivity contribution is -0.264. The predicted octanol–water partition coefficient (Wildman–Crippen LogP) is 10.7. The van der Waals surface area contributed by atoms with Gasteiger partial charge in [-0.2, -0.15) is 0 Å². The van der Waals surface area contributed by atoms with Gasteiger partial charge in [0, 0.05) is 13.0 Å². The number of aliphatic hydroxyl groups excluding tert-OH is 1. The first-order valence-electron chi connectivity index (χ1n) is 20.0. The van der Waals surface area contributed by atoms with Crippen LogP contribution in [0.4, 0.5) is 0 Å². The number of ether oxygens (including phenoxy) is 2. The summed E-state index contributed by atoms with van der Waals surface area (Å²) in [7, 11) is 0. The molecular formula is C40H72O4. The average molecular weight is 617 g/mol. The summed E-state index contributed by atoms with van der Waals surface area (Å²) in [5, 5.41) is 9.64. The van der Waals surface area contributed by atoms with E-state index in [0.717, 1.165) is 42.9 Å². The van der Waals surface area contributed by atoms with Crippen molar-refractivity contribution in [3.8, 4) is 0 Å². The maximum atomic E-state index is 12.1. The molecule has 4 fully saturated rings. The molecule has 0 aromatic heterocycles. The number of carbonyl (C=O) groups excluding carboxylic acids is 1. The molecule has 1 N–H and O–H groups in total. The van der Waals surface area contributed by atoms with Crippen LogP contribution in [0, 0.1) is 47.3 Å². The monoisotopic (exact) mass is 617 g/mol. The molecule has 256 valence electrons. The summed E-state index contributed by atoms with van der Waals surface area (Å²) < 4.78 is 11.2. The van der Waals surface area contributed by atoms with Gasteiger partial charge < -0.3 is 14.6 Å². The van der Waals surface area contributed by atoms with Gasteiger partial charge in [0.1, 0.15) is 12.7 Å². The van der Waals surface area contributed by atoms with E-state index >= 15 is 0 Å². The van der Waals surface area contributed by atoms with E-state index in [9.17, 15) is 9.90 Å². The summed E-state index contributed by atoms with van der Waals surface area (Å²) in [4.78, 5) is 12.1. The van der Waals surface area contributed by atoms with Crippen molar-refractivity contribution in [1.82, 2.24) is 0 Å². The maximum Gasteiger partial charge on any atom is 0.305 e. The third-order valence-electron chi connectivity index (χ3n) is 12.7. The van der Waals surface area contributed by atoms with Crippen LogP contribution in [0.25, 0.3) is 0 Å². The first kappa shape index (κ1) is 36.2. The summed E-state index contributed by atoms with van der Waals surface area (Å²) >= 11 is 0. The number of unbranched alkanes of at least 4 members (excludes halogenated alkanes) is 13. The Morgan fingerprint density at radius 3 is 1.95 bits per heavy atom. The molecule has 0 aromatic carbocycles. The highest BCUT2D eigenvalue weighted by atomic mass is 16.6. The predicted molar refractivity (Wildman–Crippen MR) is 182 cm³/mol. The van der Waals surface area contributed by atoms with E-state index in [4.69, 9.17) is 9.47 Å². The Bertz CT molecular complexity index is 762. The molecule has 44 heavy (non-hydrogen) atoms. The molecule has 0 bridgehead atoms. The van der Waals surface area contributed by atoms with Gasteiger partial charge in [0.15, 0.2) is 0 Å². The lowest BCUT2D eigenvalue weighted by atomic mass is 9.30. The van der Waals surface area contributed by atoms with E-state index < -0.39 is 0 Å². The lowest BCUT2D eigenvalue weighted by Gasteiger charge is -2.74. The molecule has 4 aliphatic carbocycles. The second kappa shape index (κ2) is 20.6. The van der Waals surface area contributed by atoms with Gasteiger partial charge in [0.25, 0.3) is 0 Å². The Hall–Kier alpha value is -0.610. The smallest absolute Gasteiger partial charge is 0.305 e. The van der Waals surface area contributed by atoms with Gasteiger partial charge in [-0.1, -0.05) is 129 Å². The third kappa shape index (κ3) is 11.3. The minimum atomic E-state index is -0.385. The summed E-state index contributed by atoms with van der Waals surface area (Å²) in [6, 6.07) is 0. The van der Waals surface area contributed by atoms with Gasteiger partial charge in [-0.15, -0.1) is 0 Å². The fourth-order valence-corrected chi connectivity index (χ4v) is 9.93. The maximum absolute atomic E-state index is 12.1. The van der Waals surface area contributed by atoms with Crippen LogP contribution in [0.5, 0.6) is 0 Å². The standard InChI is InChI=1S/C40H72O4/c1-3-4-5-14-19-31(2)20-15-10-6-7-12-17-22-38(42)44-30-33(29-41)43-27-18-13-9-8-11-16-21-32-23-24-36-37(28-32)40-35-26-25-34(35)39(36)40/h31-37,39-41H,3-30H2,1-2H3/t31?,32?,33-,34?,35?,36?,37?,39?,40?/m0/s1. The van der Waals surface area contributed by atoms with E-state index in [1.165, 1.54) is 133 Å². The van der Waals surface area contributed by atoms with Gasteiger partial charge in [-0.25, -0.2) is 0 Å². The van der Waals surface area contributed by atoms with Crippen molar-refractivity contribution in [1.29, 1.82) is 0 Å². The van der Waals surface area contributed by atoms with Crippen LogP contribution in [0.2, 0.25) is 0 Å². The third-order valence-corrected chi connectivity index (χ3v) is 12.7. The second-order valence-corrected chi connectivity index (χ2v) is 15.9.